The Morgan fingerprint density at radius 1 is 0.338 bits per heavy atom. The number of benzene rings is 6. The van der Waals surface area contributed by atoms with Gasteiger partial charge in [0.2, 0.25) is 5.52 Å². The molecule has 2 nitrogen and oxygen atoms in total. The van der Waals surface area contributed by atoms with E-state index in [1.165, 1.54) is 16.5 Å². The van der Waals surface area contributed by atoms with Crippen LogP contribution >= 0.6 is 0 Å². The number of nitriles is 1. The first-order chi connectivity index (χ1) is 35.1. The molecular weight excluding hydrogens is 1100 g/mol. The highest BCUT2D eigenvalue weighted by molar-refractivity contribution is 7.20. The molecule has 1 heterocycles. The molecule has 6 aromatic carbocycles. The average molecular weight is 1120 g/mol. The summed E-state index contributed by atoms with van der Waals surface area (Å²) in [5.41, 5.74) is -26.7. The molecular formula is C50H27BF24N2. The Morgan fingerprint density at radius 2 is 0.610 bits per heavy atom. The molecule has 0 aliphatic carbocycles. The monoisotopic (exact) mass is 1120 g/mol. The summed E-state index contributed by atoms with van der Waals surface area (Å²) in [5.74, 6) is 0. The molecule has 0 fully saturated rings. The van der Waals surface area contributed by atoms with E-state index in [4.69, 9.17) is 5.26 Å². The van der Waals surface area contributed by atoms with E-state index in [-0.39, 0.29) is 0 Å². The number of hydrogen-bond donors (Lipinski definition) is 0. The maximum absolute atomic E-state index is 14.2. The highest BCUT2D eigenvalue weighted by Crippen LogP contribution is 2.41. The van der Waals surface area contributed by atoms with E-state index in [1.807, 2.05) is 30.3 Å². The fraction of sp³-hybridized carbons (Fsp3) is 0.200. The van der Waals surface area contributed by atoms with Gasteiger partial charge in [0.05, 0.1) is 50.6 Å². The number of alkyl halides is 24. The third-order valence-electron chi connectivity index (χ3n) is 11.9. The molecule has 408 valence electrons. The van der Waals surface area contributed by atoms with Crippen LogP contribution < -0.4 is 26.4 Å². The van der Waals surface area contributed by atoms with Crippen molar-refractivity contribution in [3.63, 3.8) is 0 Å². The Balaban J connectivity index is 0.000000397. The van der Waals surface area contributed by atoms with E-state index in [9.17, 15) is 105 Å². The number of halogens is 24. The zero-order chi connectivity index (χ0) is 57.7. The summed E-state index contributed by atoms with van der Waals surface area (Å²) >= 11 is 0. The second kappa shape index (κ2) is 20.5. The van der Waals surface area contributed by atoms with E-state index >= 15 is 0 Å². The number of fused-ring (bicyclic) bond motifs is 1. The molecule has 27 heteroatoms. The van der Waals surface area contributed by atoms with Crippen molar-refractivity contribution < 1.29 is 110 Å². The lowest BCUT2D eigenvalue weighted by Gasteiger charge is -2.46. The maximum atomic E-state index is 14.2. The first-order valence-electron chi connectivity index (χ1n) is 21.3. The first-order valence-corrected chi connectivity index (χ1v) is 21.3. The van der Waals surface area contributed by atoms with Crippen molar-refractivity contribution in [1.29, 1.82) is 5.26 Å². The van der Waals surface area contributed by atoms with Gasteiger partial charge >= 0.3 is 49.4 Å². The van der Waals surface area contributed by atoms with E-state index in [0.29, 0.717) is 6.42 Å². The van der Waals surface area contributed by atoms with Gasteiger partial charge in [-0.15, -0.1) is 0 Å². The van der Waals surface area contributed by atoms with E-state index in [0.717, 1.165) is 12.2 Å². The van der Waals surface area contributed by atoms with Gasteiger partial charge in [-0.25, -0.2) is 0 Å². The summed E-state index contributed by atoms with van der Waals surface area (Å²) in [5, 5.41) is 10.2. The lowest BCUT2D eigenvalue weighted by Crippen LogP contribution is -2.75. The van der Waals surface area contributed by atoms with Crippen molar-refractivity contribution in [2.75, 3.05) is 0 Å². The van der Waals surface area contributed by atoms with Crippen molar-refractivity contribution in [3.8, 4) is 6.07 Å². The van der Waals surface area contributed by atoms with Crippen molar-refractivity contribution in [2.45, 2.75) is 62.4 Å². The molecule has 0 saturated carbocycles. The summed E-state index contributed by atoms with van der Waals surface area (Å²) in [6.45, 7) is 0.791. The molecule has 0 spiro atoms. The van der Waals surface area contributed by atoms with Gasteiger partial charge in [0, 0.05) is 23.1 Å². The summed E-state index contributed by atoms with van der Waals surface area (Å²) in [6.07, 6.45) is -54.4. The Bertz CT molecular complexity index is 2880. The molecule has 0 aliphatic rings. The molecule has 1 aromatic heterocycles. The Kier molecular flexibility index (Phi) is 15.7. The van der Waals surface area contributed by atoms with Gasteiger partial charge in [-0.2, -0.15) is 137 Å². The van der Waals surface area contributed by atoms with Gasteiger partial charge in [0.15, 0.2) is 12.2 Å². The third-order valence-corrected chi connectivity index (χ3v) is 11.9. The minimum absolute atomic E-state index is 0.428. The largest absolute Gasteiger partial charge is 0.416 e. The van der Waals surface area contributed by atoms with Gasteiger partial charge in [-0.1, -0.05) is 91.0 Å². The summed E-state index contributed by atoms with van der Waals surface area (Å²) < 4.78 is 343. The normalized spacial score (nSPS) is 13.3. The minimum Gasteiger partial charge on any atom is -0.198 e. The predicted octanol–water partition coefficient (Wildman–Crippen LogP) is 14.5. The second-order valence-electron chi connectivity index (χ2n) is 17.0. The van der Waals surface area contributed by atoms with Gasteiger partial charge in [-0.3, -0.25) is 0 Å². The predicted molar refractivity (Wildman–Crippen MR) is 229 cm³/mol. The zero-order valence-electron chi connectivity index (χ0n) is 37.7. The molecule has 7 aromatic rings. The lowest BCUT2D eigenvalue weighted by atomic mass is 9.12. The van der Waals surface area contributed by atoms with Gasteiger partial charge in [0.1, 0.15) is 12.6 Å². The lowest BCUT2D eigenvalue weighted by molar-refractivity contribution is -0.669. The Hall–Kier alpha value is -7.40. The van der Waals surface area contributed by atoms with Crippen molar-refractivity contribution in [2.24, 2.45) is 0 Å². The number of para-hydroxylation sites is 1. The fourth-order valence-corrected chi connectivity index (χ4v) is 8.56. The zero-order valence-corrected chi connectivity index (χ0v) is 37.7. The fourth-order valence-electron chi connectivity index (χ4n) is 8.56. The van der Waals surface area contributed by atoms with Gasteiger partial charge in [-0.05, 0) is 36.4 Å². The standard InChI is InChI=1S/C32H12BF24.C18H15N2/c34-25(35,36)13-1-14(26(37,38)39)6-21(5-13)33(22-7-15(27(40,41)42)2-16(8-22)28(43,44)45,23-9-17(29(46,47)48)3-18(10-23)30(49,50)51)24-11-19(31(52,53)54)4-20(12-24)32(55,56)57;19-13-12-17-11-10-16-8-4-5-9-18(16)20(17)14-15-6-2-1-3-7-15/h1-12H;1-11H,12,14H2/q-1;+1. The van der Waals surface area contributed by atoms with Crippen LogP contribution in [0.4, 0.5) is 105 Å². The van der Waals surface area contributed by atoms with Crippen molar-refractivity contribution in [1.82, 2.24) is 0 Å². The number of aromatic nitrogens is 1. The number of rotatable bonds is 7. The SMILES string of the molecule is FC(F)(F)c1cc([B-](c2cc(C(F)(F)F)cc(C(F)(F)F)c2)(c2cc(C(F)(F)F)cc(C(F)(F)F)c2)c2cc(C(F)(F)F)cc(C(F)(F)F)c2)cc(C(F)(F)F)c1.N#CCc1ccc2ccccc2[n+]1Cc1ccccc1. The highest BCUT2D eigenvalue weighted by Gasteiger charge is 2.47. The van der Waals surface area contributed by atoms with Gasteiger partial charge < -0.3 is 0 Å². The minimum atomic E-state index is -6.13. The molecule has 0 N–H and O–H groups in total. The average Bonchev–Trinajstić information content (AvgIpc) is 3.30. The van der Waals surface area contributed by atoms with Crippen molar-refractivity contribution in [3.05, 3.63) is 195 Å². The second-order valence-corrected chi connectivity index (χ2v) is 17.0. The summed E-state index contributed by atoms with van der Waals surface area (Å²) in [6, 6.07) is 16.2. The quantitative estimate of drug-likeness (QED) is 0.0888. The number of nitrogens with zero attached hydrogens (tertiary/aromatic N) is 2. The number of pyridine rings is 1. The van der Waals surface area contributed by atoms with Crippen LogP contribution in [0.3, 0.4) is 0 Å². The van der Waals surface area contributed by atoms with Crippen LogP contribution in [0.5, 0.6) is 0 Å². The first kappa shape index (κ1) is 58.9. The smallest absolute Gasteiger partial charge is 0.198 e. The molecule has 7 rings (SSSR count). The number of hydrogen-bond acceptors (Lipinski definition) is 1. The summed E-state index contributed by atoms with van der Waals surface area (Å²) in [7, 11) is 0. The molecule has 77 heavy (non-hydrogen) atoms. The van der Waals surface area contributed by atoms with Crippen LogP contribution in [0.25, 0.3) is 10.9 Å². The highest BCUT2D eigenvalue weighted by atomic mass is 19.4. The molecule has 0 aliphatic heterocycles. The third kappa shape index (κ3) is 13.2. The molecule has 0 bridgehead atoms. The Morgan fingerprint density at radius 3 is 0.883 bits per heavy atom. The topological polar surface area (TPSA) is 27.7 Å². The van der Waals surface area contributed by atoms with E-state index in [1.54, 1.807) is 0 Å². The van der Waals surface area contributed by atoms with E-state index < -0.39 is 195 Å². The molecule has 0 amide bonds. The van der Waals surface area contributed by atoms with Crippen LogP contribution in [0.15, 0.2) is 140 Å². The van der Waals surface area contributed by atoms with Gasteiger partial charge in [0.25, 0.3) is 0 Å². The van der Waals surface area contributed by atoms with E-state index in [2.05, 4.69) is 47.0 Å². The molecule has 0 radical (unpaired) electrons. The van der Waals surface area contributed by atoms with Crippen LogP contribution in [0.2, 0.25) is 0 Å². The van der Waals surface area contributed by atoms with Crippen LogP contribution in [0.1, 0.15) is 55.8 Å². The molecule has 0 unspecified atom stereocenters. The van der Waals surface area contributed by atoms with Crippen LogP contribution in [-0.4, -0.2) is 6.15 Å². The molecule has 0 saturated heterocycles. The van der Waals surface area contributed by atoms with Crippen LogP contribution in [0, 0.1) is 11.3 Å². The Labute approximate surface area is 417 Å². The summed E-state index contributed by atoms with van der Waals surface area (Å²) in [4.78, 5) is 0. The molecule has 0 atom stereocenters. The van der Waals surface area contributed by atoms with Crippen LogP contribution in [-0.2, 0) is 62.4 Å². The van der Waals surface area contributed by atoms with Crippen molar-refractivity contribution >= 4 is 38.9 Å². The maximum Gasteiger partial charge on any atom is 0.416 e.